The predicted molar refractivity (Wildman–Crippen MR) is 396 cm³/mol. The number of carbonyl (C=O) groups is 1. The highest BCUT2D eigenvalue weighted by Crippen LogP contribution is 2.26. The molecule has 506 valence electrons. The van der Waals surface area contributed by atoms with Crippen LogP contribution in [0.3, 0.4) is 0 Å². The molecule has 0 bridgehead atoms. The van der Waals surface area contributed by atoms with Gasteiger partial charge in [0.1, 0.15) is 0 Å². The number of benzene rings is 2. The molecule has 0 aliphatic heterocycles. The second-order valence-corrected chi connectivity index (χ2v) is 37.4. The number of rotatable bonds is 13. The van der Waals surface area contributed by atoms with Crippen molar-refractivity contribution < 1.29 is 4.79 Å². The summed E-state index contributed by atoms with van der Waals surface area (Å²) in [5, 5.41) is 2.79. The smallest absolute Gasteiger partial charge is 0.216 e. The molecule has 0 unspecified atom stereocenters. The summed E-state index contributed by atoms with van der Waals surface area (Å²) in [7, 11) is 0. The van der Waals surface area contributed by atoms with Gasteiger partial charge >= 0.3 is 0 Å². The fourth-order valence-corrected chi connectivity index (χ4v) is 6.92. The Labute approximate surface area is 537 Å². The van der Waals surface area contributed by atoms with Crippen LogP contribution in [0.2, 0.25) is 0 Å². The zero-order valence-electron chi connectivity index (χ0n) is 66.5. The van der Waals surface area contributed by atoms with Crippen molar-refractivity contribution in [1.29, 1.82) is 0 Å². The number of unbranched alkanes of at least 4 members (excludes halogenated alkanes) is 2. The van der Waals surface area contributed by atoms with Gasteiger partial charge in [0.05, 0.1) is 0 Å². The van der Waals surface area contributed by atoms with Crippen molar-refractivity contribution >= 4 is 5.91 Å². The Hall–Kier alpha value is -2.09. The summed E-state index contributed by atoms with van der Waals surface area (Å²) in [5.41, 5.74) is 8.60. The van der Waals surface area contributed by atoms with E-state index in [2.05, 4.69) is 337 Å². The summed E-state index contributed by atoms with van der Waals surface area (Å²) in [6.45, 7) is 92.5. The fraction of sp³-hybridized carbons (Fsp3) is 0.841. The van der Waals surface area contributed by atoms with E-state index in [1.165, 1.54) is 87.3 Å². The summed E-state index contributed by atoms with van der Waals surface area (Å²) in [5.74, 6) is 3.49. The highest BCUT2D eigenvalue weighted by atomic mass is 16.1. The van der Waals surface area contributed by atoms with Crippen molar-refractivity contribution in [3.8, 4) is 0 Å². The summed E-state index contributed by atoms with van der Waals surface area (Å²) in [4.78, 5) is 10.5. The topological polar surface area (TPSA) is 29.1 Å². The molecule has 84 heavy (non-hydrogen) atoms. The van der Waals surface area contributed by atoms with Gasteiger partial charge in [0.25, 0.3) is 0 Å². The maximum absolute atomic E-state index is 10.5. The molecule has 1 N–H and O–H groups in total. The number of amides is 1. The van der Waals surface area contributed by atoms with Crippen LogP contribution in [-0.2, 0) is 17.6 Å². The largest absolute Gasteiger partial charge is 0.356 e. The predicted octanol–water partition coefficient (Wildman–Crippen LogP) is 28.6. The third-order valence-corrected chi connectivity index (χ3v) is 12.6. The van der Waals surface area contributed by atoms with Crippen molar-refractivity contribution in [3.63, 3.8) is 0 Å². The normalized spacial score (nSPS) is 11.9. The Kier molecular flexibility index (Phi) is 59.3. The molecule has 2 aromatic rings. The Morgan fingerprint density at radius 3 is 0.917 bits per heavy atom. The molecule has 0 radical (unpaired) electrons. The third-order valence-electron chi connectivity index (χ3n) is 12.6. The highest BCUT2D eigenvalue weighted by Gasteiger charge is 2.15. The number of hydrogen-bond acceptors (Lipinski definition) is 1. The lowest BCUT2D eigenvalue weighted by Crippen LogP contribution is -2.21. The van der Waals surface area contributed by atoms with Crippen LogP contribution < -0.4 is 5.32 Å². The lowest BCUT2D eigenvalue weighted by atomic mass is 9.84. The van der Waals surface area contributed by atoms with Crippen molar-refractivity contribution in [2.45, 2.75) is 374 Å². The minimum Gasteiger partial charge on any atom is -0.356 e. The minimum absolute atomic E-state index is 0.0748. The Balaban J connectivity index is -0.000000129. The third kappa shape index (κ3) is 126. The standard InChI is InChI=1S/C12H18.C11H16.C10H21NO.3C8H18.2C7H16.C6H14.C5H12/c1-10-5-7-11(8-6-10)9-12(2,3)4;1-11(2,3)9-10-7-5-4-6-8-10;1-9(12)11-8-6-5-7-10(2,3)4;1-7(2)6-8(3,4)5;1-7(2)5-6-8(3)4;1-5-6-7-8(2,3)4;1-6(2)7(3,4)5;1-5-6-7(2,3)4;1-5-6(2,3)4;1-5(2,3)4/h5-8H,9H2,1-4H3;4-8H,9H2,1-3H3;5-8H2,1-4H3,(H,11,12);7H,6H2,1-5H3;7-8H,5-6H2,1-4H3;5-7H2,1-4H3;6H,1-5H3;5-6H2,1-4H3;5H2,1-4H3;1-4H3. The number of aryl methyl sites for hydroxylation is 1. The van der Waals surface area contributed by atoms with Gasteiger partial charge in [-0.15, -0.1) is 0 Å². The monoisotopic (exact) mass is 1180 g/mol. The minimum atomic E-state index is 0.0748. The average Bonchev–Trinajstić information content (AvgIpc) is 3.23. The van der Waals surface area contributed by atoms with E-state index in [9.17, 15) is 4.79 Å². The lowest BCUT2D eigenvalue weighted by molar-refractivity contribution is -0.118. The Bertz CT molecular complexity index is 1640. The molecule has 0 aliphatic carbocycles. The van der Waals surface area contributed by atoms with E-state index in [0.29, 0.717) is 48.7 Å². The van der Waals surface area contributed by atoms with E-state index in [1.54, 1.807) is 6.92 Å². The molecule has 2 aromatic carbocycles. The Morgan fingerprint density at radius 1 is 0.405 bits per heavy atom. The van der Waals surface area contributed by atoms with Crippen molar-refractivity contribution in [2.24, 2.45) is 72.4 Å². The molecule has 0 spiro atoms. The first-order valence-corrected chi connectivity index (χ1v) is 34.5. The summed E-state index contributed by atoms with van der Waals surface area (Å²) < 4.78 is 0. The van der Waals surface area contributed by atoms with Gasteiger partial charge in [0.15, 0.2) is 0 Å². The quantitative estimate of drug-likeness (QED) is 0.199. The molecule has 0 saturated carbocycles. The average molecular weight is 1180 g/mol. The van der Waals surface area contributed by atoms with E-state index in [4.69, 9.17) is 0 Å². The number of carbonyl (C=O) groups excluding carboxylic acids is 1. The van der Waals surface area contributed by atoms with Crippen molar-refractivity contribution in [1.82, 2.24) is 5.32 Å². The van der Waals surface area contributed by atoms with E-state index in [1.807, 2.05) is 0 Å². The molecule has 0 fully saturated rings. The molecule has 0 aromatic heterocycles. The molecule has 2 rings (SSSR count). The highest BCUT2D eigenvalue weighted by molar-refractivity contribution is 5.72. The second kappa shape index (κ2) is 50.7. The first-order chi connectivity index (χ1) is 37.1. The van der Waals surface area contributed by atoms with Gasteiger partial charge in [0, 0.05) is 13.5 Å². The molecular weight excluding hydrogens is 1010 g/mol. The van der Waals surface area contributed by atoms with Crippen LogP contribution in [-0.4, -0.2) is 12.5 Å². The molecule has 0 heterocycles. The first kappa shape index (κ1) is 98.2. The Morgan fingerprint density at radius 2 is 0.726 bits per heavy atom. The van der Waals surface area contributed by atoms with Crippen molar-refractivity contribution in [3.05, 3.63) is 71.3 Å². The summed E-state index contributed by atoms with van der Waals surface area (Å²) in [6, 6.07) is 19.4. The first-order valence-electron chi connectivity index (χ1n) is 34.5. The van der Waals surface area contributed by atoms with Crippen LogP contribution in [0.1, 0.15) is 371 Å². The molecule has 0 saturated heterocycles. The van der Waals surface area contributed by atoms with E-state index < -0.39 is 0 Å². The van der Waals surface area contributed by atoms with Crippen molar-refractivity contribution in [2.75, 3.05) is 6.54 Å². The van der Waals surface area contributed by atoms with Crippen LogP contribution >= 0.6 is 0 Å². The zero-order chi connectivity index (χ0) is 68.8. The molecule has 1 amide bonds. The van der Waals surface area contributed by atoms with E-state index in [-0.39, 0.29) is 5.91 Å². The van der Waals surface area contributed by atoms with Crippen LogP contribution in [0.4, 0.5) is 0 Å². The molecule has 2 heteroatoms. The molecule has 2 nitrogen and oxygen atoms in total. The van der Waals surface area contributed by atoms with Gasteiger partial charge in [-0.1, -0.05) is 375 Å². The van der Waals surface area contributed by atoms with Crippen LogP contribution in [0.25, 0.3) is 0 Å². The van der Waals surface area contributed by atoms with E-state index >= 15 is 0 Å². The second-order valence-electron chi connectivity index (χ2n) is 37.4. The lowest BCUT2D eigenvalue weighted by Gasteiger charge is -2.22. The number of nitrogens with one attached hydrogen (secondary N) is 1. The van der Waals surface area contributed by atoms with E-state index in [0.717, 1.165) is 49.5 Å². The van der Waals surface area contributed by atoms with Gasteiger partial charge in [-0.25, -0.2) is 0 Å². The van der Waals surface area contributed by atoms with Gasteiger partial charge in [-0.05, 0) is 135 Å². The maximum atomic E-state index is 10.5. The summed E-state index contributed by atoms with van der Waals surface area (Å²) in [6.07, 6.45) is 17.9. The van der Waals surface area contributed by atoms with Crippen LogP contribution in [0.5, 0.6) is 0 Å². The summed E-state index contributed by atoms with van der Waals surface area (Å²) >= 11 is 0. The van der Waals surface area contributed by atoms with Gasteiger partial charge in [0.2, 0.25) is 5.91 Å². The zero-order valence-corrected chi connectivity index (χ0v) is 66.5. The van der Waals surface area contributed by atoms with Gasteiger partial charge in [-0.2, -0.15) is 0 Å². The van der Waals surface area contributed by atoms with Gasteiger partial charge < -0.3 is 5.32 Å². The fourth-order valence-electron chi connectivity index (χ4n) is 6.92. The SMILES string of the molecule is CC(=O)NCCCCC(C)(C)C.CC(C)(C)C.CC(C)(C)Cc1ccccc1.CC(C)C(C)(C)C.CC(C)CC(C)(C)C.CC(C)CCC(C)C.CCC(C)(C)C.CCCC(C)(C)C.CCCCC(C)(C)C.Cc1ccc(CC(C)(C)C)cc1. The molecule has 0 aliphatic rings. The maximum Gasteiger partial charge on any atom is 0.216 e. The molecular formula is C82H167NO. The van der Waals surface area contributed by atoms with Crippen LogP contribution in [0.15, 0.2) is 54.6 Å². The molecule has 0 atom stereocenters. The van der Waals surface area contributed by atoms with Gasteiger partial charge in [-0.3, -0.25) is 4.79 Å². The number of hydrogen-bond donors (Lipinski definition) is 1. The van der Waals surface area contributed by atoms with Crippen LogP contribution in [0, 0.1) is 79.3 Å².